The molecule has 0 amide bonds. The first kappa shape index (κ1) is 16.7. The summed E-state index contributed by atoms with van der Waals surface area (Å²) in [4.78, 5) is 13.9. The van der Waals surface area contributed by atoms with E-state index in [9.17, 15) is 4.79 Å². The maximum Gasteiger partial charge on any atom is 0.268 e. The molecule has 0 aliphatic rings. The molecule has 0 aromatic carbocycles. The summed E-state index contributed by atoms with van der Waals surface area (Å²) in [7, 11) is 3.57. The average Bonchev–Trinajstić information content (AvgIpc) is 2.46. The Morgan fingerprint density at radius 2 is 2.30 bits per heavy atom. The third-order valence-corrected chi connectivity index (χ3v) is 3.40. The molecular weight excluding hydrogens is 256 g/mol. The topological polar surface area (TPSA) is 73.4 Å². The van der Waals surface area contributed by atoms with E-state index in [-0.39, 0.29) is 11.6 Å². The number of aromatic nitrogens is 2. The highest BCUT2D eigenvalue weighted by Crippen LogP contribution is 2.06. The van der Waals surface area contributed by atoms with Crippen LogP contribution in [-0.2, 0) is 11.3 Å². The summed E-state index contributed by atoms with van der Waals surface area (Å²) in [5.74, 6) is 0. The monoisotopic (exact) mass is 282 g/mol. The standard InChI is InChI=1S/C14H26N4O2/c1-4-12(15)6-5-7-18-14(19)10-13(11-16-18)17(2)8-9-20-3/h10-12H,4-9,15H2,1-3H3. The highest BCUT2D eigenvalue weighted by molar-refractivity contribution is 5.41. The van der Waals surface area contributed by atoms with Crippen molar-refractivity contribution in [1.29, 1.82) is 0 Å². The van der Waals surface area contributed by atoms with Crippen LogP contribution in [0.3, 0.4) is 0 Å². The van der Waals surface area contributed by atoms with Crippen molar-refractivity contribution in [3.8, 4) is 0 Å². The van der Waals surface area contributed by atoms with Crippen molar-refractivity contribution >= 4 is 5.69 Å². The van der Waals surface area contributed by atoms with Gasteiger partial charge in [0, 0.05) is 39.4 Å². The number of methoxy groups -OCH3 is 1. The fourth-order valence-electron chi connectivity index (χ4n) is 1.87. The number of rotatable bonds is 9. The van der Waals surface area contributed by atoms with Crippen LogP contribution in [0.25, 0.3) is 0 Å². The first-order valence-electron chi connectivity index (χ1n) is 7.11. The van der Waals surface area contributed by atoms with E-state index in [1.54, 1.807) is 19.4 Å². The van der Waals surface area contributed by atoms with Crippen molar-refractivity contribution in [2.75, 3.05) is 32.2 Å². The van der Waals surface area contributed by atoms with Gasteiger partial charge >= 0.3 is 0 Å². The normalized spacial score (nSPS) is 12.4. The molecule has 0 fully saturated rings. The van der Waals surface area contributed by atoms with Gasteiger partial charge in [0.2, 0.25) is 0 Å². The second kappa shape index (κ2) is 8.71. The van der Waals surface area contributed by atoms with Crippen LogP contribution < -0.4 is 16.2 Å². The second-order valence-electron chi connectivity index (χ2n) is 5.00. The smallest absolute Gasteiger partial charge is 0.268 e. The van der Waals surface area contributed by atoms with Crippen molar-refractivity contribution in [2.24, 2.45) is 5.73 Å². The van der Waals surface area contributed by atoms with Crippen molar-refractivity contribution < 1.29 is 4.74 Å². The van der Waals surface area contributed by atoms with Crippen molar-refractivity contribution in [3.63, 3.8) is 0 Å². The van der Waals surface area contributed by atoms with E-state index in [0.717, 1.165) is 31.5 Å². The summed E-state index contributed by atoms with van der Waals surface area (Å²) >= 11 is 0. The highest BCUT2D eigenvalue weighted by Gasteiger charge is 2.05. The van der Waals surface area contributed by atoms with E-state index in [0.29, 0.717) is 13.2 Å². The molecule has 1 heterocycles. The number of ether oxygens (including phenoxy) is 1. The Balaban J connectivity index is 2.57. The van der Waals surface area contributed by atoms with E-state index < -0.39 is 0 Å². The van der Waals surface area contributed by atoms with Gasteiger partial charge in [-0.05, 0) is 19.3 Å². The minimum atomic E-state index is -0.0724. The lowest BCUT2D eigenvalue weighted by Crippen LogP contribution is -2.28. The fraction of sp³-hybridized carbons (Fsp3) is 0.714. The molecule has 1 atom stereocenters. The summed E-state index contributed by atoms with van der Waals surface area (Å²) in [6.45, 7) is 4.04. The van der Waals surface area contributed by atoms with Gasteiger partial charge < -0.3 is 15.4 Å². The maximum absolute atomic E-state index is 12.0. The molecule has 6 heteroatoms. The predicted octanol–water partition coefficient (Wildman–Crippen LogP) is 0.843. The van der Waals surface area contributed by atoms with Crippen LogP contribution in [-0.4, -0.2) is 43.1 Å². The zero-order valence-corrected chi connectivity index (χ0v) is 12.7. The molecule has 0 aliphatic heterocycles. The summed E-state index contributed by atoms with van der Waals surface area (Å²) < 4.78 is 6.51. The van der Waals surface area contributed by atoms with Gasteiger partial charge in [0.15, 0.2) is 0 Å². The number of likely N-dealkylation sites (N-methyl/N-ethyl adjacent to an activating group) is 1. The molecule has 0 saturated heterocycles. The third kappa shape index (κ3) is 5.30. The van der Waals surface area contributed by atoms with Gasteiger partial charge in [-0.1, -0.05) is 6.92 Å². The lowest BCUT2D eigenvalue weighted by molar-refractivity contribution is 0.206. The quantitative estimate of drug-likeness (QED) is 0.726. The number of nitrogens with two attached hydrogens (primary N) is 1. The van der Waals surface area contributed by atoms with Gasteiger partial charge in [-0.3, -0.25) is 4.79 Å². The lowest BCUT2D eigenvalue weighted by atomic mass is 10.1. The van der Waals surface area contributed by atoms with Crippen molar-refractivity contribution in [1.82, 2.24) is 9.78 Å². The molecule has 20 heavy (non-hydrogen) atoms. The Kier molecular flexibility index (Phi) is 7.25. The van der Waals surface area contributed by atoms with Crippen molar-refractivity contribution in [2.45, 2.75) is 38.8 Å². The van der Waals surface area contributed by atoms with Crippen LogP contribution in [0.4, 0.5) is 5.69 Å². The van der Waals surface area contributed by atoms with E-state index >= 15 is 0 Å². The fourth-order valence-corrected chi connectivity index (χ4v) is 1.87. The highest BCUT2D eigenvalue weighted by atomic mass is 16.5. The molecule has 0 saturated carbocycles. The molecule has 6 nitrogen and oxygen atoms in total. The number of nitrogens with zero attached hydrogens (tertiary/aromatic N) is 3. The van der Waals surface area contributed by atoms with Crippen LogP contribution in [0.15, 0.2) is 17.1 Å². The van der Waals surface area contributed by atoms with Gasteiger partial charge in [0.1, 0.15) is 0 Å². The molecule has 0 radical (unpaired) electrons. The number of hydrogen-bond acceptors (Lipinski definition) is 5. The summed E-state index contributed by atoms with van der Waals surface area (Å²) in [5, 5.41) is 4.21. The second-order valence-corrected chi connectivity index (χ2v) is 5.00. The SMILES string of the molecule is CCC(N)CCCn1ncc(N(C)CCOC)cc1=O. The average molecular weight is 282 g/mol. The molecule has 1 aromatic heterocycles. The van der Waals surface area contributed by atoms with Gasteiger partial charge in [-0.15, -0.1) is 0 Å². The number of anilines is 1. The summed E-state index contributed by atoms with van der Waals surface area (Å²) in [6.07, 6.45) is 4.48. The summed E-state index contributed by atoms with van der Waals surface area (Å²) in [5.41, 5.74) is 6.60. The van der Waals surface area contributed by atoms with E-state index in [2.05, 4.69) is 12.0 Å². The van der Waals surface area contributed by atoms with Crippen LogP contribution in [0.5, 0.6) is 0 Å². The Bertz CT molecular complexity index is 447. The lowest BCUT2D eigenvalue weighted by Gasteiger charge is -2.18. The molecule has 0 bridgehead atoms. The first-order valence-corrected chi connectivity index (χ1v) is 7.11. The molecule has 114 valence electrons. The number of aryl methyl sites for hydroxylation is 1. The Labute approximate surface area is 120 Å². The predicted molar refractivity (Wildman–Crippen MR) is 81.1 cm³/mol. The van der Waals surface area contributed by atoms with Crippen LogP contribution >= 0.6 is 0 Å². The van der Waals surface area contributed by atoms with Gasteiger partial charge in [0.05, 0.1) is 18.5 Å². The van der Waals surface area contributed by atoms with E-state index in [1.807, 2.05) is 11.9 Å². The van der Waals surface area contributed by atoms with Gasteiger partial charge in [-0.2, -0.15) is 5.10 Å². The molecular formula is C14H26N4O2. The Morgan fingerprint density at radius 1 is 1.55 bits per heavy atom. The minimum absolute atomic E-state index is 0.0724. The third-order valence-electron chi connectivity index (χ3n) is 3.40. The largest absolute Gasteiger partial charge is 0.383 e. The Morgan fingerprint density at radius 3 is 2.90 bits per heavy atom. The molecule has 1 rings (SSSR count). The van der Waals surface area contributed by atoms with E-state index in [4.69, 9.17) is 10.5 Å². The van der Waals surface area contributed by atoms with Crippen LogP contribution in [0.1, 0.15) is 26.2 Å². The van der Waals surface area contributed by atoms with Gasteiger partial charge in [0.25, 0.3) is 5.56 Å². The molecule has 0 spiro atoms. The molecule has 1 aromatic rings. The zero-order chi connectivity index (χ0) is 15.0. The van der Waals surface area contributed by atoms with Gasteiger partial charge in [-0.25, -0.2) is 4.68 Å². The summed E-state index contributed by atoms with van der Waals surface area (Å²) in [6, 6.07) is 1.83. The molecule has 0 aliphatic carbocycles. The van der Waals surface area contributed by atoms with Crippen LogP contribution in [0, 0.1) is 0 Å². The van der Waals surface area contributed by atoms with Crippen LogP contribution in [0.2, 0.25) is 0 Å². The molecule has 1 unspecified atom stereocenters. The Hall–Kier alpha value is -1.40. The first-order chi connectivity index (χ1) is 9.58. The molecule has 2 N–H and O–H groups in total. The zero-order valence-electron chi connectivity index (χ0n) is 12.7. The van der Waals surface area contributed by atoms with Crippen molar-refractivity contribution in [3.05, 3.63) is 22.6 Å². The maximum atomic E-state index is 12.0. The van der Waals surface area contributed by atoms with E-state index in [1.165, 1.54) is 4.68 Å². The number of hydrogen-bond donors (Lipinski definition) is 1. The minimum Gasteiger partial charge on any atom is -0.383 e.